The van der Waals surface area contributed by atoms with Gasteiger partial charge < -0.3 is 8.98 Å². The summed E-state index contributed by atoms with van der Waals surface area (Å²) < 4.78 is 10.9. The van der Waals surface area contributed by atoms with Crippen molar-refractivity contribution in [1.29, 1.82) is 0 Å². The van der Waals surface area contributed by atoms with Gasteiger partial charge in [-0.2, -0.15) is 0 Å². The normalized spacial score (nSPS) is 11.9. The van der Waals surface area contributed by atoms with Crippen LogP contribution < -0.4 is 0 Å². The number of furan rings is 1. The third kappa shape index (κ3) is 3.25. The highest BCUT2D eigenvalue weighted by molar-refractivity contribution is 6.17. The Bertz CT molecular complexity index is 2420. The minimum atomic E-state index is 0.910. The Kier molecular flexibility index (Phi) is 4.58. The Morgan fingerprint density at radius 1 is 0.439 bits per heavy atom. The van der Waals surface area contributed by atoms with E-state index in [0.717, 1.165) is 66.8 Å². The molecule has 9 rings (SSSR count). The van der Waals surface area contributed by atoms with E-state index >= 15 is 0 Å². The van der Waals surface area contributed by atoms with E-state index in [9.17, 15) is 0 Å². The highest BCUT2D eigenvalue weighted by Crippen LogP contribution is 2.38. The first kappa shape index (κ1) is 22.2. The van der Waals surface area contributed by atoms with Crippen molar-refractivity contribution in [2.24, 2.45) is 0 Å². The molecule has 0 aliphatic carbocycles. The predicted octanol–water partition coefficient (Wildman–Crippen LogP) is 9.69. The molecule has 0 saturated carbocycles. The molecule has 4 nitrogen and oxygen atoms in total. The average Bonchev–Trinajstić information content (AvgIpc) is 3.70. The first-order valence-electron chi connectivity index (χ1n) is 13.8. The summed E-state index contributed by atoms with van der Waals surface area (Å²) in [5, 5.41) is 4.64. The largest absolute Gasteiger partial charge is 0.456 e. The molecule has 0 unspecified atom stereocenters. The molecule has 0 bridgehead atoms. The molecule has 0 amide bonds. The van der Waals surface area contributed by atoms with Crippen LogP contribution in [0.15, 0.2) is 144 Å². The summed E-state index contributed by atoms with van der Waals surface area (Å²) in [6, 6.07) is 48.9. The van der Waals surface area contributed by atoms with E-state index in [-0.39, 0.29) is 0 Å². The summed E-state index contributed by atoms with van der Waals surface area (Å²) in [5.41, 5.74) is 9.44. The lowest BCUT2D eigenvalue weighted by molar-refractivity contribution is 0.669. The number of para-hydroxylation sites is 4. The Hall–Kier alpha value is -5.61. The Labute approximate surface area is 235 Å². The van der Waals surface area contributed by atoms with Crippen molar-refractivity contribution in [1.82, 2.24) is 14.1 Å². The van der Waals surface area contributed by atoms with Crippen LogP contribution in [-0.2, 0) is 0 Å². The van der Waals surface area contributed by atoms with E-state index in [4.69, 9.17) is 9.40 Å². The SMILES string of the molecule is c1ccc(-c2nc3ccccc3n2-c2cccc(-n3c4ccccc4c4cc5oc6ccccc6c5cc43)c2)cc1. The second-order valence-electron chi connectivity index (χ2n) is 10.5. The van der Waals surface area contributed by atoms with Gasteiger partial charge in [-0.25, -0.2) is 4.98 Å². The first-order valence-corrected chi connectivity index (χ1v) is 13.8. The first-order chi connectivity index (χ1) is 20.3. The number of rotatable bonds is 3. The molecule has 0 radical (unpaired) electrons. The number of benzene rings is 6. The van der Waals surface area contributed by atoms with Crippen molar-refractivity contribution in [2.75, 3.05) is 0 Å². The summed E-state index contributed by atoms with van der Waals surface area (Å²) in [6.45, 7) is 0. The van der Waals surface area contributed by atoms with E-state index in [2.05, 4.69) is 124 Å². The van der Waals surface area contributed by atoms with E-state index in [1.54, 1.807) is 0 Å². The second kappa shape index (κ2) is 8.44. The number of hydrogen-bond donors (Lipinski definition) is 0. The fourth-order valence-corrected chi connectivity index (χ4v) is 6.30. The van der Waals surface area contributed by atoms with Crippen LogP contribution in [-0.4, -0.2) is 14.1 Å². The van der Waals surface area contributed by atoms with Crippen molar-refractivity contribution in [3.8, 4) is 22.8 Å². The van der Waals surface area contributed by atoms with Crippen LogP contribution in [0.2, 0.25) is 0 Å². The lowest BCUT2D eigenvalue weighted by atomic mass is 10.1. The number of aromatic nitrogens is 3. The number of nitrogens with zero attached hydrogens (tertiary/aromatic N) is 3. The zero-order valence-corrected chi connectivity index (χ0v) is 22.0. The minimum absolute atomic E-state index is 0.910. The zero-order valence-electron chi connectivity index (χ0n) is 22.0. The van der Waals surface area contributed by atoms with E-state index in [1.807, 2.05) is 24.3 Å². The maximum absolute atomic E-state index is 6.27. The average molecular weight is 526 g/mol. The molecule has 3 aromatic heterocycles. The second-order valence-corrected chi connectivity index (χ2v) is 10.5. The lowest BCUT2D eigenvalue weighted by Crippen LogP contribution is -2.00. The van der Waals surface area contributed by atoms with Gasteiger partial charge in [0.15, 0.2) is 0 Å². The maximum Gasteiger partial charge on any atom is 0.145 e. The molecule has 192 valence electrons. The van der Waals surface area contributed by atoms with Gasteiger partial charge in [0.25, 0.3) is 0 Å². The predicted molar refractivity (Wildman–Crippen MR) is 168 cm³/mol. The Morgan fingerprint density at radius 2 is 1.15 bits per heavy atom. The minimum Gasteiger partial charge on any atom is -0.456 e. The van der Waals surface area contributed by atoms with Crippen molar-refractivity contribution in [2.45, 2.75) is 0 Å². The van der Waals surface area contributed by atoms with E-state index in [0.29, 0.717) is 0 Å². The molecule has 0 N–H and O–H groups in total. The number of imidazole rings is 1. The van der Waals surface area contributed by atoms with Crippen LogP contribution in [0.25, 0.3) is 77.5 Å². The molecule has 41 heavy (non-hydrogen) atoms. The maximum atomic E-state index is 6.27. The lowest BCUT2D eigenvalue weighted by Gasteiger charge is -2.13. The van der Waals surface area contributed by atoms with Crippen LogP contribution in [0.1, 0.15) is 0 Å². The molecule has 6 aromatic carbocycles. The van der Waals surface area contributed by atoms with Crippen LogP contribution in [0.5, 0.6) is 0 Å². The Balaban J connectivity index is 1.34. The van der Waals surface area contributed by atoms with Crippen LogP contribution in [0, 0.1) is 0 Å². The molecule has 3 heterocycles. The van der Waals surface area contributed by atoms with Crippen molar-refractivity contribution in [3.05, 3.63) is 140 Å². The summed E-state index contributed by atoms with van der Waals surface area (Å²) in [4.78, 5) is 5.05. The third-order valence-corrected chi connectivity index (χ3v) is 8.11. The molecule has 0 aliphatic rings. The van der Waals surface area contributed by atoms with Gasteiger partial charge in [0, 0.05) is 38.5 Å². The van der Waals surface area contributed by atoms with Crippen molar-refractivity contribution >= 4 is 54.8 Å². The monoisotopic (exact) mass is 525 g/mol. The van der Waals surface area contributed by atoms with E-state index < -0.39 is 0 Å². The van der Waals surface area contributed by atoms with Crippen LogP contribution in [0.3, 0.4) is 0 Å². The smallest absolute Gasteiger partial charge is 0.145 e. The summed E-state index contributed by atoms with van der Waals surface area (Å²) >= 11 is 0. The van der Waals surface area contributed by atoms with E-state index in [1.165, 1.54) is 10.8 Å². The molecule has 0 aliphatic heterocycles. The standard InChI is InChI=1S/C37H23N3O/c1-2-11-24(12-3-1)37-38-31-17-6-8-19-33(31)40(37)26-14-10-13-25(21-26)39-32-18-7-4-15-27(32)29-23-36-30(22-34(29)39)28-16-5-9-20-35(28)41-36/h1-23H. The fraction of sp³-hybridized carbons (Fsp3) is 0. The molecule has 0 atom stereocenters. The van der Waals surface area contributed by atoms with Gasteiger partial charge >= 0.3 is 0 Å². The zero-order chi connectivity index (χ0) is 26.9. The molecule has 4 heteroatoms. The third-order valence-electron chi connectivity index (χ3n) is 8.11. The van der Waals surface area contributed by atoms with Crippen molar-refractivity contribution in [3.63, 3.8) is 0 Å². The molecule has 0 spiro atoms. The molecular formula is C37H23N3O. The number of fused-ring (bicyclic) bond motifs is 7. The summed E-state index contributed by atoms with van der Waals surface area (Å²) in [6.07, 6.45) is 0. The molecule has 9 aromatic rings. The number of hydrogen-bond acceptors (Lipinski definition) is 2. The molecule has 0 fully saturated rings. The van der Waals surface area contributed by atoms with Crippen molar-refractivity contribution < 1.29 is 4.42 Å². The van der Waals surface area contributed by atoms with Gasteiger partial charge in [-0.15, -0.1) is 0 Å². The van der Waals surface area contributed by atoms with Gasteiger partial charge in [-0.1, -0.05) is 84.9 Å². The Morgan fingerprint density at radius 3 is 2.02 bits per heavy atom. The van der Waals surface area contributed by atoms with Gasteiger partial charge in [-0.3, -0.25) is 4.57 Å². The highest BCUT2D eigenvalue weighted by Gasteiger charge is 2.18. The molecular weight excluding hydrogens is 502 g/mol. The quantitative estimate of drug-likeness (QED) is 0.230. The molecule has 0 saturated heterocycles. The fourth-order valence-electron chi connectivity index (χ4n) is 6.30. The topological polar surface area (TPSA) is 35.9 Å². The van der Waals surface area contributed by atoms with Crippen LogP contribution in [0.4, 0.5) is 0 Å². The highest BCUT2D eigenvalue weighted by atomic mass is 16.3. The summed E-state index contributed by atoms with van der Waals surface area (Å²) in [5.74, 6) is 0.928. The van der Waals surface area contributed by atoms with Gasteiger partial charge in [-0.05, 0) is 54.6 Å². The van der Waals surface area contributed by atoms with Gasteiger partial charge in [0.05, 0.1) is 22.1 Å². The van der Waals surface area contributed by atoms with Gasteiger partial charge in [0.2, 0.25) is 0 Å². The summed E-state index contributed by atoms with van der Waals surface area (Å²) in [7, 11) is 0. The van der Waals surface area contributed by atoms with Crippen LogP contribution >= 0.6 is 0 Å². The van der Waals surface area contributed by atoms with Gasteiger partial charge in [0.1, 0.15) is 17.0 Å².